The summed E-state index contributed by atoms with van der Waals surface area (Å²) in [5, 5.41) is 11.6. The van der Waals surface area contributed by atoms with Crippen molar-refractivity contribution in [2.24, 2.45) is 0 Å². The molecule has 0 spiro atoms. The van der Waals surface area contributed by atoms with E-state index in [0.29, 0.717) is 0 Å². The number of nitrogens with zero attached hydrogens (tertiary/aromatic N) is 4. The Morgan fingerprint density at radius 1 is 1.14 bits per heavy atom. The molecule has 6 heteroatoms. The van der Waals surface area contributed by atoms with Gasteiger partial charge in [-0.05, 0) is 43.5 Å². The summed E-state index contributed by atoms with van der Waals surface area (Å²) in [5.41, 5.74) is 2.19. The van der Waals surface area contributed by atoms with Crippen molar-refractivity contribution in [3.8, 4) is 0 Å². The fourth-order valence-electron chi connectivity index (χ4n) is 2.66. The third-order valence-electron chi connectivity index (χ3n) is 3.89. The van der Waals surface area contributed by atoms with E-state index in [4.69, 9.17) is 0 Å². The van der Waals surface area contributed by atoms with Gasteiger partial charge in [-0.2, -0.15) is 10.1 Å². The minimum Gasteiger partial charge on any atom is -0.339 e. The van der Waals surface area contributed by atoms with Gasteiger partial charge in [0.1, 0.15) is 0 Å². The number of nitrogens with one attached hydrogen (secondary N) is 1. The van der Waals surface area contributed by atoms with Gasteiger partial charge in [0, 0.05) is 23.2 Å². The van der Waals surface area contributed by atoms with Crippen molar-refractivity contribution in [1.29, 1.82) is 0 Å². The van der Waals surface area contributed by atoms with Crippen molar-refractivity contribution in [2.45, 2.75) is 32.6 Å². The molecule has 22 heavy (non-hydrogen) atoms. The largest absolute Gasteiger partial charge is 0.339 e. The van der Waals surface area contributed by atoms with Crippen LogP contribution in [0.4, 0.5) is 17.5 Å². The number of aryl methyl sites for hydroxylation is 1. The van der Waals surface area contributed by atoms with Gasteiger partial charge in [0.05, 0.1) is 6.20 Å². The Bertz CT molecular complexity index is 638. The Morgan fingerprint density at radius 2 is 1.91 bits per heavy atom. The molecule has 1 saturated heterocycles. The predicted molar refractivity (Wildman–Crippen MR) is 92.7 cm³/mol. The van der Waals surface area contributed by atoms with Gasteiger partial charge in [0.2, 0.25) is 5.95 Å². The number of hydrogen-bond acceptors (Lipinski definition) is 5. The van der Waals surface area contributed by atoms with Crippen molar-refractivity contribution in [1.82, 2.24) is 15.2 Å². The lowest BCUT2D eigenvalue weighted by Gasteiger charge is -2.20. The van der Waals surface area contributed by atoms with Crippen molar-refractivity contribution in [3.05, 3.63) is 34.4 Å². The minimum absolute atomic E-state index is 0.724. The maximum atomic E-state index is 4.63. The minimum atomic E-state index is 0.724. The van der Waals surface area contributed by atoms with Crippen LogP contribution >= 0.6 is 15.9 Å². The van der Waals surface area contributed by atoms with Gasteiger partial charge in [0.15, 0.2) is 5.82 Å². The lowest BCUT2D eigenvalue weighted by Crippen LogP contribution is -2.26. The third-order valence-corrected chi connectivity index (χ3v) is 4.38. The van der Waals surface area contributed by atoms with Crippen LogP contribution in [0.1, 0.15) is 31.2 Å². The average Bonchev–Trinajstić information content (AvgIpc) is 2.80. The highest BCUT2D eigenvalue weighted by molar-refractivity contribution is 9.10. The molecule has 5 nitrogen and oxygen atoms in total. The maximum absolute atomic E-state index is 4.63. The quantitative estimate of drug-likeness (QED) is 0.892. The SMILES string of the molecule is Cc1cc(Br)ccc1Nc1cnnc(N2CCCCCC2)n1. The average molecular weight is 362 g/mol. The summed E-state index contributed by atoms with van der Waals surface area (Å²) in [4.78, 5) is 6.86. The van der Waals surface area contributed by atoms with Crippen LogP contribution in [0.15, 0.2) is 28.9 Å². The molecule has 0 saturated carbocycles. The first-order chi connectivity index (χ1) is 10.7. The molecule has 0 amide bonds. The lowest BCUT2D eigenvalue weighted by molar-refractivity contribution is 0.726. The van der Waals surface area contributed by atoms with Crippen LogP contribution in [0.2, 0.25) is 0 Å². The van der Waals surface area contributed by atoms with Gasteiger partial charge in [-0.15, -0.1) is 5.10 Å². The Kier molecular flexibility index (Phi) is 4.87. The zero-order valence-electron chi connectivity index (χ0n) is 12.7. The van der Waals surface area contributed by atoms with Crippen molar-refractivity contribution in [3.63, 3.8) is 0 Å². The van der Waals surface area contributed by atoms with Gasteiger partial charge >= 0.3 is 0 Å². The van der Waals surface area contributed by atoms with Crippen LogP contribution < -0.4 is 10.2 Å². The summed E-state index contributed by atoms with van der Waals surface area (Å²) < 4.78 is 1.07. The molecule has 1 aliphatic heterocycles. The fraction of sp³-hybridized carbons (Fsp3) is 0.438. The molecule has 1 aromatic carbocycles. The summed E-state index contributed by atoms with van der Waals surface area (Å²) >= 11 is 3.48. The van der Waals surface area contributed by atoms with E-state index in [0.717, 1.165) is 40.6 Å². The number of halogens is 1. The molecule has 0 radical (unpaired) electrons. The van der Waals surface area contributed by atoms with Crippen LogP contribution in [0, 0.1) is 6.92 Å². The molecule has 116 valence electrons. The zero-order chi connectivity index (χ0) is 15.4. The molecular weight excluding hydrogens is 342 g/mol. The Labute approximate surface area is 139 Å². The van der Waals surface area contributed by atoms with Gasteiger partial charge in [0.25, 0.3) is 0 Å². The second kappa shape index (κ2) is 7.05. The molecule has 0 unspecified atom stereocenters. The summed E-state index contributed by atoms with van der Waals surface area (Å²) in [7, 11) is 0. The number of rotatable bonds is 3. The van der Waals surface area contributed by atoms with Crippen molar-refractivity contribution < 1.29 is 0 Å². The smallest absolute Gasteiger partial charge is 0.247 e. The molecule has 0 atom stereocenters. The van der Waals surface area contributed by atoms with Crippen LogP contribution in [0.25, 0.3) is 0 Å². The number of aromatic nitrogens is 3. The van der Waals surface area contributed by atoms with E-state index in [-0.39, 0.29) is 0 Å². The summed E-state index contributed by atoms with van der Waals surface area (Å²) in [5.74, 6) is 1.46. The summed E-state index contributed by atoms with van der Waals surface area (Å²) in [6.07, 6.45) is 6.66. The van der Waals surface area contributed by atoms with Crippen molar-refractivity contribution >= 4 is 33.4 Å². The molecule has 0 aliphatic carbocycles. The van der Waals surface area contributed by atoms with E-state index >= 15 is 0 Å². The number of benzene rings is 1. The second-order valence-corrected chi connectivity index (χ2v) is 6.54. The van der Waals surface area contributed by atoms with Crippen LogP contribution in [-0.4, -0.2) is 28.3 Å². The Hall–Kier alpha value is -1.69. The molecule has 1 N–H and O–H groups in total. The van der Waals surface area contributed by atoms with E-state index in [1.54, 1.807) is 6.20 Å². The van der Waals surface area contributed by atoms with E-state index in [9.17, 15) is 0 Å². The number of hydrogen-bond donors (Lipinski definition) is 1. The fourth-order valence-corrected chi connectivity index (χ4v) is 3.14. The van der Waals surface area contributed by atoms with E-state index in [1.807, 2.05) is 12.1 Å². The molecule has 2 aromatic rings. The second-order valence-electron chi connectivity index (χ2n) is 5.63. The zero-order valence-corrected chi connectivity index (χ0v) is 14.3. The highest BCUT2D eigenvalue weighted by Crippen LogP contribution is 2.23. The van der Waals surface area contributed by atoms with Gasteiger partial charge in [-0.1, -0.05) is 28.8 Å². The van der Waals surface area contributed by atoms with Crippen LogP contribution in [0.3, 0.4) is 0 Å². The molecule has 1 aromatic heterocycles. The Morgan fingerprint density at radius 3 is 2.64 bits per heavy atom. The molecule has 2 heterocycles. The molecule has 3 rings (SSSR count). The maximum Gasteiger partial charge on any atom is 0.247 e. The highest BCUT2D eigenvalue weighted by Gasteiger charge is 2.13. The highest BCUT2D eigenvalue weighted by atomic mass is 79.9. The van der Waals surface area contributed by atoms with Crippen molar-refractivity contribution in [2.75, 3.05) is 23.3 Å². The monoisotopic (exact) mass is 361 g/mol. The molecule has 1 fully saturated rings. The molecule has 1 aliphatic rings. The van der Waals surface area contributed by atoms with Gasteiger partial charge in [-0.25, -0.2) is 0 Å². The third kappa shape index (κ3) is 3.74. The van der Waals surface area contributed by atoms with Crippen LogP contribution in [-0.2, 0) is 0 Å². The summed E-state index contributed by atoms with van der Waals surface area (Å²) in [6.45, 7) is 4.10. The first-order valence-electron chi connectivity index (χ1n) is 7.70. The molecular formula is C16H20BrN5. The standard InChI is InChI=1S/C16H20BrN5/c1-12-10-13(17)6-7-14(12)19-15-11-18-21-16(20-15)22-8-4-2-3-5-9-22/h6-7,10-11H,2-5,8-9H2,1H3,(H,19,20,21). The topological polar surface area (TPSA) is 53.9 Å². The first kappa shape index (κ1) is 15.2. The first-order valence-corrected chi connectivity index (χ1v) is 8.49. The Balaban J connectivity index is 1.78. The predicted octanol–water partition coefficient (Wildman–Crippen LogP) is 4.07. The van der Waals surface area contributed by atoms with E-state index in [1.165, 1.54) is 25.7 Å². The van der Waals surface area contributed by atoms with E-state index in [2.05, 4.69) is 54.3 Å². The lowest BCUT2D eigenvalue weighted by atomic mass is 10.2. The summed E-state index contributed by atoms with van der Waals surface area (Å²) in [6, 6.07) is 6.12. The van der Waals surface area contributed by atoms with Gasteiger partial charge < -0.3 is 10.2 Å². The number of anilines is 3. The van der Waals surface area contributed by atoms with Gasteiger partial charge in [-0.3, -0.25) is 0 Å². The molecule has 0 bridgehead atoms. The van der Waals surface area contributed by atoms with Crippen LogP contribution in [0.5, 0.6) is 0 Å². The van der Waals surface area contributed by atoms with E-state index < -0.39 is 0 Å². The normalized spacial score (nSPS) is 15.5.